The van der Waals surface area contributed by atoms with Gasteiger partial charge in [0, 0.05) is 44.2 Å². The number of hydrogen-bond acceptors (Lipinski definition) is 3. The van der Waals surface area contributed by atoms with Crippen LogP contribution in [0.5, 0.6) is 0 Å². The molecular weight excluding hydrogens is 290 g/mol. The molecule has 1 fully saturated rings. The summed E-state index contributed by atoms with van der Waals surface area (Å²) in [5.74, 6) is 1.46. The Morgan fingerprint density at radius 2 is 1.96 bits per heavy atom. The number of amides is 1. The van der Waals surface area contributed by atoms with Crippen LogP contribution < -0.4 is 16.0 Å². The number of carbonyl (C=O) groups excluding carboxylic acids is 1. The summed E-state index contributed by atoms with van der Waals surface area (Å²) in [6.45, 7) is 16.2. The van der Waals surface area contributed by atoms with E-state index in [1.54, 1.807) is 0 Å². The molecule has 1 heterocycles. The zero-order chi connectivity index (χ0) is 17.4. The summed E-state index contributed by atoms with van der Waals surface area (Å²) in [6, 6.07) is 1.15. The summed E-state index contributed by atoms with van der Waals surface area (Å²) in [6.07, 6.45) is 0.424. The Labute approximate surface area is 141 Å². The lowest BCUT2D eigenvalue weighted by atomic mass is 10.1. The molecule has 0 aromatic carbocycles. The van der Waals surface area contributed by atoms with Gasteiger partial charge in [0.05, 0.1) is 6.54 Å². The molecule has 1 rings (SSSR count). The monoisotopic (exact) mass is 325 g/mol. The van der Waals surface area contributed by atoms with Crippen molar-refractivity contribution in [1.29, 1.82) is 0 Å². The second-order valence-corrected chi connectivity index (χ2v) is 7.01. The lowest BCUT2D eigenvalue weighted by Gasteiger charge is -2.22. The van der Waals surface area contributed by atoms with Crippen molar-refractivity contribution < 1.29 is 4.79 Å². The predicted molar refractivity (Wildman–Crippen MR) is 96.7 cm³/mol. The fraction of sp³-hybridized carbons (Fsp3) is 0.882. The number of likely N-dealkylation sites (tertiary alicyclic amines) is 1. The Hall–Kier alpha value is -1.30. The first-order chi connectivity index (χ1) is 10.8. The summed E-state index contributed by atoms with van der Waals surface area (Å²) in [7, 11) is 0. The second-order valence-electron chi connectivity index (χ2n) is 7.01. The van der Waals surface area contributed by atoms with Gasteiger partial charge in [-0.25, -0.2) is 0 Å². The maximum atomic E-state index is 11.7. The molecule has 3 N–H and O–H groups in total. The van der Waals surface area contributed by atoms with Crippen LogP contribution in [0, 0.1) is 5.92 Å². The number of nitrogens with zero attached hydrogens (tertiary/aromatic N) is 2. The molecule has 1 aliphatic heterocycles. The number of guanidine groups is 1. The standard InChI is InChI=1S/C17H35N5O/c1-7-18-17(19-9-8-16(23)20-12(2)3)21-15-11-22(13(4)5)10-14(15)6/h12-15H,7-11H2,1-6H3,(H,20,23)(H2,18,19,21). The molecule has 23 heavy (non-hydrogen) atoms. The van der Waals surface area contributed by atoms with Gasteiger partial charge >= 0.3 is 0 Å². The van der Waals surface area contributed by atoms with Gasteiger partial charge in [-0.15, -0.1) is 0 Å². The van der Waals surface area contributed by atoms with Gasteiger partial charge in [0.2, 0.25) is 5.91 Å². The van der Waals surface area contributed by atoms with Crippen molar-refractivity contribution in [3.63, 3.8) is 0 Å². The highest BCUT2D eigenvalue weighted by molar-refractivity contribution is 5.81. The van der Waals surface area contributed by atoms with Gasteiger partial charge < -0.3 is 16.0 Å². The summed E-state index contributed by atoms with van der Waals surface area (Å²) in [5.41, 5.74) is 0. The van der Waals surface area contributed by atoms with Gasteiger partial charge in [-0.3, -0.25) is 14.7 Å². The molecule has 2 atom stereocenters. The van der Waals surface area contributed by atoms with Crippen LogP contribution in [-0.4, -0.2) is 61.1 Å². The van der Waals surface area contributed by atoms with Gasteiger partial charge in [0.15, 0.2) is 5.96 Å². The summed E-state index contributed by atoms with van der Waals surface area (Å²) in [4.78, 5) is 18.7. The van der Waals surface area contributed by atoms with Gasteiger partial charge in [-0.2, -0.15) is 0 Å². The number of hydrogen-bond donors (Lipinski definition) is 3. The maximum Gasteiger partial charge on any atom is 0.222 e. The largest absolute Gasteiger partial charge is 0.357 e. The lowest BCUT2D eigenvalue weighted by Crippen LogP contribution is -2.47. The first kappa shape index (κ1) is 19.7. The average molecular weight is 326 g/mol. The molecule has 0 aromatic heterocycles. The van der Waals surface area contributed by atoms with Crippen LogP contribution in [0.15, 0.2) is 4.99 Å². The van der Waals surface area contributed by atoms with E-state index in [1.807, 2.05) is 13.8 Å². The van der Waals surface area contributed by atoms with E-state index in [9.17, 15) is 4.79 Å². The van der Waals surface area contributed by atoms with Crippen molar-refractivity contribution in [2.24, 2.45) is 10.9 Å². The minimum absolute atomic E-state index is 0.0554. The van der Waals surface area contributed by atoms with Gasteiger partial charge in [-0.1, -0.05) is 6.92 Å². The third-order valence-corrected chi connectivity index (χ3v) is 4.10. The van der Waals surface area contributed by atoms with Crippen LogP contribution in [-0.2, 0) is 4.79 Å². The van der Waals surface area contributed by atoms with Crippen molar-refractivity contribution >= 4 is 11.9 Å². The number of carbonyl (C=O) groups is 1. The van der Waals surface area contributed by atoms with E-state index in [1.165, 1.54) is 0 Å². The topological polar surface area (TPSA) is 68.8 Å². The van der Waals surface area contributed by atoms with E-state index in [-0.39, 0.29) is 11.9 Å². The third-order valence-electron chi connectivity index (χ3n) is 4.10. The van der Waals surface area contributed by atoms with Crippen molar-refractivity contribution in [2.75, 3.05) is 26.2 Å². The second kappa shape index (κ2) is 9.75. The van der Waals surface area contributed by atoms with E-state index < -0.39 is 0 Å². The first-order valence-electron chi connectivity index (χ1n) is 8.91. The van der Waals surface area contributed by atoms with Crippen LogP contribution >= 0.6 is 0 Å². The van der Waals surface area contributed by atoms with E-state index in [4.69, 9.17) is 0 Å². The van der Waals surface area contributed by atoms with Crippen molar-refractivity contribution in [3.05, 3.63) is 0 Å². The van der Waals surface area contributed by atoms with E-state index >= 15 is 0 Å². The molecule has 0 aromatic rings. The Kier molecular flexibility index (Phi) is 8.37. The third kappa shape index (κ3) is 7.20. The molecule has 1 amide bonds. The summed E-state index contributed by atoms with van der Waals surface area (Å²) < 4.78 is 0. The first-order valence-corrected chi connectivity index (χ1v) is 8.91. The zero-order valence-electron chi connectivity index (χ0n) is 15.6. The van der Waals surface area contributed by atoms with Crippen LogP contribution in [0.1, 0.15) is 48.0 Å². The van der Waals surface area contributed by atoms with E-state index in [2.05, 4.69) is 53.5 Å². The molecule has 6 heteroatoms. The molecule has 2 unspecified atom stereocenters. The minimum Gasteiger partial charge on any atom is -0.357 e. The Morgan fingerprint density at radius 1 is 1.26 bits per heavy atom. The number of nitrogens with one attached hydrogen (secondary N) is 3. The highest BCUT2D eigenvalue weighted by Gasteiger charge is 2.31. The fourth-order valence-corrected chi connectivity index (χ4v) is 2.77. The highest BCUT2D eigenvalue weighted by Crippen LogP contribution is 2.18. The fourth-order valence-electron chi connectivity index (χ4n) is 2.77. The lowest BCUT2D eigenvalue weighted by molar-refractivity contribution is -0.121. The number of aliphatic imine (C=N–C) groups is 1. The molecule has 0 spiro atoms. The van der Waals surface area contributed by atoms with Crippen LogP contribution in [0.3, 0.4) is 0 Å². The Balaban J connectivity index is 2.51. The molecule has 0 saturated carbocycles. The van der Waals surface area contributed by atoms with Crippen molar-refractivity contribution in [1.82, 2.24) is 20.9 Å². The van der Waals surface area contributed by atoms with Crippen molar-refractivity contribution in [3.8, 4) is 0 Å². The molecule has 6 nitrogen and oxygen atoms in total. The van der Waals surface area contributed by atoms with Gasteiger partial charge in [0.25, 0.3) is 0 Å². The minimum atomic E-state index is 0.0554. The molecule has 134 valence electrons. The molecular formula is C17H35N5O. The Bertz CT molecular complexity index is 394. The smallest absolute Gasteiger partial charge is 0.222 e. The van der Waals surface area contributed by atoms with Crippen LogP contribution in [0.25, 0.3) is 0 Å². The summed E-state index contributed by atoms with van der Waals surface area (Å²) >= 11 is 0. The SMILES string of the molecule is CCNC(=NCCC(=O)NC(C)C)NC1CN(C(C)C)CC1C. The van der Waals surface area contributed by atoms with E-state index in [0.717, 1.165) is 25.6 Å². The average Bonchev–Trinajstić information content (AvgIpc) is 2.79. The molecule has 0 aliphatic carbocycles. The number of rotatable bonds is 7. The molecule has 0 radical (unpaired) electrons. The molecule has 0 bridgehead atoms. The quantitative estimate of drug-likeness (QED) is 0.486. The molecule has 1 aliphatic rings. The zero-order valence-corrected chi connectivity index (χ0v) is 15.6. The normalized spacial score (nSPS) is 22.7. The van der Waals surface area contributed by atoms with Crippen molar-refractivity contribution in [2.45, 2.75) is 66.1 Å². The van der Waals surface area contributed by atoms with Crippen LogP contribution in [0.2, 0.25) is 0 Å². The summed E-state index contributed by atoms with van der Waals surface area (Å²) in [5, 5.41) is 9.70. The maximum absolute atomic E-state index is 11.7. The highest BCUT2D eigenvalue weighted by atomic mass is 16.1. The van der Waals surface area contributed by atoms with Gasteiger partial charge in [0.1, 0.15) is 0 Å². The van der Waals surface area contributed by atoms with E-state index in [0.29, 0.717) is 31.0 Å². The molecule has 1 saturated heterocycles. The predicted octanol–water partition coefficient (Wildman–Crippen LogP) is 1.18. The van der Waals surface area contributed by atoms with Crippen LogP contribution in [0.4, 0.5) is 0 Å². The van der Waals surface area contributed by atoms with Gasteiger partial charge in [-0.05, 0) is 40.5 Å². The Morgan fingerprint density at radius 3 is 2.48 bits per heavy atom.